The van der Waals surface area contributed by atoms with Gasteiger partial charge in [-0.1, -0.05) is 39.0 Å². The van der Waals surface area contributed by atoms with Crippen molar-refractivity contribution in [3.8, 4) is 0 Å². The molecule has 6 nitrogen and oxygen atoms in total. The van der Waals surface area contributed by atoms with Crippen molar-refractivity contribution in [2.75, 3.05) is 10.6 Å². The number of hydrogen-bond acceptors (Lipinski definition) is 5. The molecule has 0 radical (unpaired) electrons. The molecule has 1 aromatic carbocycles. The largest absolute Gasteiger partial charge is 0.365 e. The Kier molecular flexibility index (Phi) is 5.45. The van der Waals surface area contributed by atoms with Gasteiger partial charge in [-0.25, -0.2) is 9.97 Å². The van der Waals surface area contributed by atoms with Crippen LogP contribution < -0.4 is 10.6 Å². The highest BCUT2D eigenvalue weighted by atomic mass is 16.1. The summed E-state index contributed by atoms with van der Waals surface area (Å²) in [5, 5.41) is 6.00. The number of carbonyl (C=O) groups is 1. The summed E-state index contributed by atoms with van der Waals surface area (Å²) in [6.07, 6.45) is 6.53. The Labute approximate surface area is 159 Å². The molecule has 0 aliphatic carbocycles. The molecule has 0 unspecified atom stereocenters. The second-order valence-electron chi connectivity index (χ2n) is 7.28. The number of hydrogen-bond donors (Lipinski definition) is 2. The molecule has 0 aliphatic heterocycles. The fourth-order valence-electron chi connectivity index (χ4n) is 2.48. The van der Waals surface area contributed by atoms with E-state index in [2.05, 4.69) is 46.4 Å². The van der Waals surface area contributed by atoms with E-state index in [0.29, 0.717) is 12.4 Å². The monoisotopic (exact) mass is 361 g/mol. The van der Waals surface area contributed by atoms with Gasteiger partial charge in [0, 0.05) is 24.6 Å². The molecule has 6 heteroatoms. The van der Waals surface area contributed by atoms with Crippen molar-refractivity contribution in [1.29, 1.82) is 0 Å². The zero-order valence-electron chi connectivity index (χ0n) is 15.7. The Morgan fingerprint density at radius 3 is 2.37 bits per heavy atom. The minimum atomic E-state index is -0.287. The van der Waals surface area contributed by atoms with E-state index in [9.17, 15) is 4.79 Å². The third kappa shape index (κ3) is 5.10. The minimum absolute atomic E-state index is 0.0760. The van der Waals surface area contributed by atoms with Crippen molar-refractivity contribution in [2.24, 2.45) is 0 Å². The molecule has 0 saturated carbocycles. The van der Waals surface area contributed by atoms with Gasteiger partial charge in [-0.05, 0) is 34.7 Å². The molecule has 2 heterocycles. The number of pyridine rings is 1. The van der Waals surface area contributed by atoms with Crippen LogP contribution in [0, 0.1) is 0 Å². The summed E-state index contributed by atoms with van der Waals surface area (Å²) in [5.41, 5.74) is 3.33. The lowest BCUT2D eigenvalue weighted by Crippen LogP contribution is -2.15. The standard InChI is InChI=1S/C21H23N5O/c1-21(2,3)16-6-8-17(9-7-16)26-20(27)18-13-25-19(14-23-18)24-12-15-5-4-10-22-11-15/h4-11,13-14H,12H2,1-3H3,(H,24,25)(H,26,27). The molecular formula is C21H23N5O. The molecule has 0 bridgehead atoms. The topological polar surface area (TPSA) is 79.8 Å². The van der Waals surface area contributed by atoms with Crippen molar-refractivity contribution < 1.29 is 4.79 Å². The summed E-state index contributed by atoms with van der Waals surface area (Å²) in [5.74, 6) is 0.315. The van der Waals surface area contributed by atoms with Crippen LogP contribution in [-0.4, -0.2) is 20.9 Å². The summed E-state index contributed by atoms with van der Waals surface area (Å²) >= 11 is 0. The molecule has 3 rings (SSSR count). The lowest BCUT2D eigenvalue weighted by atomic mass is 9.87. The van der Waals surface area contributed by atoms with Crippen LogP contribution in [0.15, 0.2) is 61.2 Å². The molecule has 2 N–H and O–H groups in total. The predicted molar refractivity (Wildman–Crippen MR) is 107 cm³/mol. The van der Waals surface area contributed by atoms with E-state index in [1.807, 2.05) is 36.4 Å². The SMILES string of the molecule is CC(C)(C)c1ccc(NC(=O)c2cnc(NCc3cccnc3)cn2)cc1. The van der Waals surface area contributed by atoms with Gasteiger partial charge in [-0.15, -0.1) is 0 Å². The first-order valence-electron chi connectivity index (χ1n) is 8.78. The molecule has 0 aliphatic rings. The lowest BCUT2D eigenvalue weighted by molar-refractivity contribution is 0.102. The van der Waals surface area contributed by atoms with E-state index in [0.717, 1.165) is 11.3 Å². The molecule has 0 saturated heterocycles. The van der Waals surface area contributed by atoms with E-state index in [-0.39, 0.29) is 17.0 Å². The molecule has 2 aromatic heterocycles. The molecule has 0 spiro atoms. The first-order chi connectivity index (χ1) is 12.9. The van der Waals surface area contributed by atoms with Crippen LogP contribution in [0.2, 0.25) is 0 Å². The Balaban J connectivity index is 1.58. The Morgan fingerprint density at radius 2 is 1.78 bits per heavy atom. The summed E-state index contributed by atoms with van der Waals surface area (Å²) in [7, 11) is 0. The van der Waals surface area contributed by atoms with Crippen LogP contribution in [0.4, 0.5) is 11.5 Å². The van der Waals surface area contributed by atoms with Crippen molar-refractivity contribution >= 4 is 17.4 Å². The third-order valence-corrected chi connectivity index (χ3v) is 4.09. The second-order valence-corrected chi connectivity index (χ2v) is 7.28. The number of benzene rings is 1. The highest BCUT2D eigenvalue weighted by molar-refractivity contribution is 6.02. The Hall–Kier alpha value is -3.28. The van der Waals surface area contributed by atoms with E-state index < -0.39 is 0 Å². The summed E-state index contributed by atoms with van der Waals surface area (Å²) < 4.78 is 0. The molecule has 0 atom stereocenters. The quantitative estimate of drug-likeness (QED) is 0.717. The minimum Gasteiger partial charge on any atom is -0.365 e. The number of amides is 1. The van der Waals surface area contributed by atoms with Crippen molar-refractivity contribution in [3.63, 3.8) is 0 Å². The predicted octanol–water partition coefficient (Wildman–Crippen LogP) is 4.03. The van der Waals surface area contributed by atoms with Gasteiger partial charge in [0.25, 0.3) is 5.91 Å². The maximum absolute atomic E-state index is 12.3. The maximum Gasteiger partial charge on any atom is 0.275 e. The third-order valence-electron chi connectivity index (χ3n) is 4.09. The number of anilines is 2. The first kappa shape index (κ1) is 18.5. The van der Waals surface area contributed by atoms with Gasteiger partial charge < -0.3 is 10.6 Å². The second kappa shape index (κ2) is 7.95. The van der Waals surface area contributed by atoms with Crippen LogP contribution in [0.1, 0.15) is 42.4 Å². The Bertz CT molecular complexity index is 885. The fraction of sp³-hybridized carbons (Fsp3) is 0.238. The van der Waals surface area contributed by atoms with E-state index in [4.69, 9.17) is 0 Å². The average molecular weight is 361 g/mol. The summed E-state index contributed by atoms with van der Waals surface area (Å²) in [4.78, 5) is 24.8. The van der Waals surface area contributed by atoms with Crippen LogP contribution in [-0.2, 0) is 12.0 Å². The zero-order valence-corrected chi connectivity index (χ0v) is 15.7. The average Bonchev–Trinajstić information content (AvgIpc) is 2.67. The van der Waals surface area contributed by atoms with Gasteiger partial charge in [-0.3, -0.25) is 9.78 Å². The van der Waals surface area contributed by atoms with Crippen molar-refractivity contribution in [2.45, 2.75) is 32.7 Å². The Morgan fingerprint density at radius 1 is 1.00 bits per heavy atom. The van der Waals surface area contributed by atoms with Crippen molar-refractivity contribution in [1.82, 2.24) is 15.0 Å². The molecule has 1 amide bonds. The molecular weight excluding hydrogens is 338 g/mol. The van der Waals surface area contributed by atoms with Gasteiger partial charge in [0.1, 0.15) is 11.5 Å². The normalized spacial score (nSPS) is 11.1. The number of aromatic nitrogens is 3. The van der Waals surface area contributed by atoms with Crippen LogP contribution in [0.5, 0.6) is 0 Å². The molecule has 27 heavy (non-hydrogen) atoms. The molecule has 0 fully saturated rings. The van der Waals surface area contributed by atoms with E-state index in [1.54, 1.807) is 18.6 Å². The number of nitrogens with zero attached hydrogens (tertiary/aromatic N) is 3. The van der Waals surface area contributed by atoms with Gasteiger partial charge in [0.15, 0.2) is 0 Å². The van der Waals surface area contributed by atoms with Crippen LogP contribution in [0.25, 0.3) is 0 Å². The van der Waals surface area contributed by atoms with E-state index >= 15 is 0 Å². The van der Waals surface area contributed by atoms with Crippen LogP contribution >= 0.6 is 0 Å². The number of nitrogens with one attached hydrogen (secondary N) is 2. The smallest absolute Gasteiger partial charge is 0.275 e. The first-order valence-corrected chi connectivity index (χ1v) is 8.78. The van der Waals surface area contributed by atoms with Gasteiger partial charge in [0.2, 0.25) is 0 Å². The van der Waals surface area contributed by atoms with Gasteiger partial charge in [0.05, 0.1) is 12.4 Å². The lowest BCUT2D eigenvalue weighted by Gasteiger charge is -2.19. The molecule has 3 aromatic rings. The van der Waals surface area contributed by atoms with Crippen molar-refractivity contribution in [3.05, 3.63) is 78.0 Å². The van der Waals surface area contributed by atoms with E-state index in [1.165, 1.54) is 11.8 Å². The molecule has 138 valence electrons. The fourth-order valence-corrected chi connectivity index (χ4v) is 2.48. The zero-order chi connectivity index (χ0) is 19.3. The highest BCUT2D eigenvalue weighted by Gasteiger charge is 2.14. The van der Waals surface area contributed by atoms with Gasteiger partial charge in [-0.2, -0.15) is 0 Å². The van der Waals surface area contributed by atoms with Gasteiger partial charge >= 0.3 is 0 Å². The maximum atomic E-state index is 12.3. The summed E-state index contributed by atoms with van der Waals surface area (Å²) in [6, 6.07) is 11.7. The summed E-state index contributed by atoms with van der Waals surface area (Å²) in [6.45, 7) is 7.05. The van der Waals surface area contributed by atoms with Crippen LogP contribution in [0.3, 0.4) is 0 Å². The highest BCUT2D eigenvalue weighted by Crippen LogP contribution is 2.23. The number of carbonyl (C=O) groups excluding carboxylic acids is 1. The number of rotatable bonds is 5.